The van der Waals surface area contributed by atoms with E-state index in [1.807, 2.05) is 18.2 Å². The number of hydrogen-bond acceptors (Lipinski definition) is 7. The third-order valence-electron chi connectivity index (χ3n) is 7.07. The molecule has 1 unspecified atom stereocenters. The summed E-state index contributed by atoms with van der Waals surface area (Å²) in [6.45, 7) is 1.45. The lowest BCUT2D eigenvalue weighted by molar-refractivity contribution is 0.122. The molecule has 42 heavy (non-hydrogen) atoms. The summed E-state index contributed by atoms with van der Waals surface area (Å²) in [4.78, 5) is 11.9. The normalized spacial score (nSPS) is 14.4. The maximum absolute atomic E-state index is 15.8. The van der Waals surface area contributed by atoms with Crippen molar-refractivity contribution in [3.63, 3.8) is 0 Å². The number of alkyl halides is 1. The standard InChI is InChI=1S/C29H27F3N6O3S/c1-40-24-15-17(25-21(31)6-7-23(26(25)32)37-42(39)13-3-8-30)14-19-27(24)34-28(35-29(19)38-9-11-41-12-10-38)18-4-2-5-22-20(18)16-33-36-22/h2,4-7,14-16,37H,3,8-13H2,1H3,(H,33,36). The van der Waals surface area contributed by atoms with Gasteiger partial charge in [-0.2, -0.15) is 5.10 Å². The van der Waals surface area contributed by atoms with Crippen LogP contribution in [-0.4, -0.2) is 70.2 Å². The molecular formula is C29H27F3N6O3S. The number of methoxy groups -OCH3 is 1. The van der Waals surface area contributed by atoms with Gasteiger partial charge in [0.15, 0.2) is 11.6 Å². The summed E-state index contributed by atoms with van der Waals surface area (Å²) in [5, 5.41) is 8.50. The maximum Gasteiger partial charge on any atom is 0.163 e. The van der Waals surface area contributed by atoms with Gasteiger partial charge < -0.3 is 19.1 Å². The van der Waals surface area contributed by atoms with Gasteiger partial charge in [0.05, 0.1) is 50.0 Å². The van der Waals surface area contributed by atoms with Crippen LogP contribution in [0.15, 0.2) is 48.7 Å². The molecule has 13 heteroatoms. The molecule has 218 valence electrons. The van der Waals surface area contributed by atoms with E-state index in [9.17, 15) is 8.60 Å². The summed E-state index contributed by atoms with van der Waals surface area (Å²) in [6, 6.07) is 11.1. The van der Waals surface area contributed by atoms with E-state index in [0.717, 1.165) is 22.5 Å². The fraction of sp³-hybridized carbons (Fsp3) is 0.276. The van der Waals surface area contributed by atoms with Gasteiger partial charge in [-0.05, 0) is 42.3 Å². The van der Waals surface area contributed by atoms with Crippen LogP contribution < -0.4 is 14.4 Å². The largest absolute Gasteiger partial charge is 0.494 e. The zero-order valence-corrected chi connectivity index (χ0v) is 23.4. The molecule has 0 aliphatic carbocycles. The fourth-order valence-electron chi connectivity index (χ4n) is 5.04. The van der Waals surface area contributed by atoms with Crippen LogP contribution in [0.25, 0.3) is 44.3 Å². The number of halogens is 3. The summed E-state index contributed by atoms with van der Waals surface area (Å²) in [7, 11) is -0.276. The molecule has 9 nitrogen and oxygen atoms in total. The molecule has 3 aromatic carbocycles. The van der Waals surface area contributed by atoms with E-state index >= 15 is 8.78 Å². The first-order valence-electron chi connectivity index (χ1n) is 13.3. The van der Waals surface area contributed by atoms with E-state index in [4.69, 9.17) is 19.4 Å². The first kappa shape index (κ1) is 27.9. The van der Waals surface area contributed by atoms with Gasteiger partial charge in [0.1, 0.15) is 33.9 Å². The number of fused-ring (bicyclic) bond motifs is 2. The van der Waals surface area contributed by atoms with Crippen molar-refractivity contribution in [2.75, 3.05) is 55.5 Å². The predicted molar refractivity (Wildman–Crippen MR) is 157 cm³/mol. The van der Waals surface area contributed by atoms with E-state index in [-0.39, 0.29) is 29.0 Å². The molecule has 6 rings (SSSR count). The van der Waals surface area contributed by atoms with Gasteiger partial charge in [0.2, 0.25) is 0 Å². The Morgan fingerprint density at radius 2 is 1.95 bits per heavy atom. The molecule has 1 fully saturated rings. The van der Waals surface area contributed by atoms with Gasteiger partial charge in [-0.15, -0.1) is 0 Å². The third kappa shape index (κ3) is 5.25. The number of nitrogens with one attached hydrogen (secondary N) is 2. The maximum atomic E-state index is 15.8. The number of benzene rings is 3. The van der Waals surface area contributed by atoms with Crippen LogP contribution in [0.2, 0.25) is 0 Å². The Balaban J connectivity index is 1.54. The first-order valence-corrected chi connectivity index (χ1v) is 14.6. The fourth-order valence-corrected chi connectivity index (χ4v) is 5.92. The van der Waals surface area contributed by atoms with Gasteiger partial charge in [0, 0.05) is 35.2 Å². The van der Waals surface area contributed by atoms with Crippen LogP contribution in [0.4, 0.5) is 24.7 Å². The Hall–Kier alpha value is -4.23. The highest BCUT2D eigenvalue weighted by Gasteiger charge is 2.24. The lowest BCUT2D eigenvalue weighted by Crippen LogP contribution is -2.37. The summed E-state index contributed by atoms with van der Waals surface area (Å²) in [5.41, 5.74) is 1.77. The quantitative estimate of drug-likeness (QED) is 0.235. The first-order chi connectivity index (χ1) is 20.5. The number of aromatic nitrogens is 4. The number of hydrogen-bond donors (Lipinski definition) is 2. The average Bonchev–Trinajstić information content (AvgIpc) is 3.50. The second kappa shape index (κ2) is 11.9. The predicted octanol–water partition coefficient (Wildman–Crippen LogP) is 5.40. The molecule has 5 aromatic rings. The summed E-state index contributed by atoms with van der Waals surface area (Å²) in [6.07, 6.45) is 1.77. The van der Waals surface area contributed by atoms with Crippen LogP contribution in [0, 0.1) is 11.6 Å². The van der Waals surface area contributed by atoms with Crippen LogP contribution in [0.5, 0.6) is 5.75 Å². The monoisotopic (exact) mass is 596 g/mol. The highest BCUT2D eigenvalue weighted by atomic mass is 32.2. The van der Waals surface area contributed by atoms with Crippen molar-refractivity contribution < 1.29 is 26.9 Å². The number of anilines is 2. The minimum absolute atomic E-state index is 0.0123. The van der Waals surface area contributed by atoms with E-state index in [1.165, 1.54) is 19.2 Å². The van der Waals surface area contributed by atoms with Crippen molar-refractivity contribution in [3.8, 4) is 28.3 Å². The van der Waals surface area contributed by atoms with Crippen LogP contribution in [0.3, 0.4) is 0 Å². The van der Waals surface area contributed by atoms with Crippen molar-refractivity contribution in [2.24, 2.45) is 0 Å². The van der Waals surface area contributed by atoms with Gasteiger partial charge in [0.25, 0.3) is 0 Å². The number of aromatic amines is 1. The lowest BCUT2D eigenvalue weighted by Gasteiger charge is -2.29. The number of rotatable bonds is 9. The average molecular weight is 597 g/mol. The molecule has 0 bridgehead atoms. The van der Waals surface area contributed by atoms with Gasteiger partial charge in [-0.25, -0.2) is 23.0 Å². The Morgan fingerprint density at radius 3 is 2.74 bits per heavy atom. The molecule has 0 saturated carbocycles. The molecule has 1 saturated heterocycles. The van der Waals surface area contributed by atoms with Crippen molar-refractivity contribution in [1.29, 1.82) is 0 Å². The highest BCUT2D eigenvalue weighted by molar-refractivity contribution is 7.86. The number of nitrogens with zero attached hydrogens (tertiary/aromatic N) is 4. The summed E-state index contributed by atoms with van der Waals surface area (Å²) in [5.74, 6) is -0.443. The van der Waals surface area contributed by atoms with Gasteiger partial charge in [-0.1, -0.05) is 12.1 Å². The smallest absolute Gasteiger partial charge is 0.163 e. The number of morpholine rings is 1. The number of ether oxygens (including phenoxy) is 2. The molecule has 3 heterocycles. The van der Waals surface area contributed by atoms with E-state index in [0.29, 0.717) is 54.6 Å². The Bertz CT molecular complexity index is 1790. The second-order valence-electron chi connectivity index (χ2n) is 9.66. The van der Waals surface area contributed by atoms with Crippen molar-refractivity contribution >= 4 is 44.3 Å². The molecule has 0 spiro atoms. The molecular weight excluding hydrogens is 569 g/mol. The molecule has 2 aromatic heterocycles. The van der Waals surface area contributed by atoms with E-state index < -0.39 is 29.3 Å². The Labute approximate surface area is 241 Å². The van der Waals surface area contributed by atoms with Crippen LogP contribution in [-0.2, 0) is 15.7 Å². The number of H-pyrrole nitrogens is 1. The van der Waals surface area contributed by atoms with E-state index in [1.54, 1.807) is 12.3 Å². The SMILES string of the molecule is COc1cc(-c2c(F)ccc(NS(=O)CCCF)c2F)cc2c(N3CCOCC3)nc(-c3cccc4[nH]ncc34)nc12. The zero-order chi connectivity index (χ0) is 29.2. The van der Waals surface area contributed by atoms with Gasteiger partial charge >= 0.3 is 0 Å². The molecule has 1 aliphatic heterocycles. The topological polar surface area (TPSA) is 105 Å². The second-order valence-corrected chi connectivity index (χ2v) is 11.0. The van der Waals surface area contributed by atoms with Gasteiger partial charge in [-0.3, -0.25) is 9.49 Å². The summed E-state index contributed by atoms with van der Waals surface area (Å²) >= 11 is 0. The molecule has 0 amide bonds. The van der Waals surface area contributed by atoms with Crippen molar-refractivity contribution in [1.82, 2.24) is 20.2 Å². The van der Waals surface area contributed by atoms with Crippen LogP contribution in [0.1, 0.15) is 6.42 Å². The lowest BCUT2D eigenvalue weighted by atomic mass is 10.00. The third-order valence-corrected chi connectivity index (χ3v) is 8.18. The molecule has 1 aliphatic rings. The minimum Gasteiger partial charge on any atom is -0.494 e. The minimum atomic E-state index is -1.74. The van der Waals surface area contributed by atoms with E-state index in [2.05, 4.69) is 19.8 Å². The highest BCUT2D eigenvalue weighted by Crippen LogP contribution is 2.40. The van der Waals surface area contributed by atoms with Crippen LogP contribution >= 0.6 is 0 Å². The molecule has 0 radical (unpaired) electrons. The molecule has 1 atom stereocenters. The molecule has 2 N–H and O–H groups in total. The van der Waals surface area contributed by atoms with Crippen molar-refractivity contribution in [3.05, 3.63) is 60.3 Å². The zero-order valence-electron chi connectivity index (χ0n) is 22.6. The van der Waals surface area contributed by atoms with Crippen molar-refractivity contribution in [2.45, 2.75) is 6.42 Å². The Kier molecular flexibility index (Phi) is 7.94. The summed E-state index contributed by atoms with van der Waals surface area (Å²) < 4.78 is 69.6. The Morgan fingerprint density at radius 1 is 1.12 bits per heavy atom.